The Kier molecular flexibility index (Phi) is 4.22. The van der Waals surface area contributed by atoms with Gasteiger partial charge in [-0.2, -0.15) is 0 Å². The van der Waals surface area contributed by atoms with E-state index in [-0.39, 0.29) is 0 Å². The minimum atomic E-state index is 0.876. The summed E-state index contributed by atoms with van der Waals surface area (Å²) in [4.78, 5) is 0. The fourth-order valence-corrected chi connectivity index (χ4v) is 4.51. The number of methoxy groups -OCH3 is 2. The van der Waals surface area contributed by atoms with E-state index in [2.05, 4.69) is 24.3 Å². The molecule has 2 aromatic carbocycles. The van der Waals surface area contributed by atoms with Gasteiger partial charge in [-0.3, -0.25) is 0 Å². The van der Waals surface area contributed by atoms with E-state index in [1.807, 2.05) is 0 Å². The van der Waals surface area contributed by atoms with Crippen LogP contribution in [0.25, 0.3) is 11.1 Å². The second-order valence-electron chi connectivity index (χ2n) is 6.98. The molecular formula is C22H26O2. The number of hydrogen-bond donors (Lipinski definition) is 0. The van der Waals surface area contributed by atoms with Crippen molar-refractivity contribution in [1.29, 1.82) is 0 Å². The molecule has 0 radical (unpaired) electrons. The Bertz CT molecular complexity index is 747. The number of rotatable bonds is 3. The van der Waals surface area contributed by atoms with Gasteiger partial charge in [0.25, 0.3) is 0 Å². The fraction of sp³-hybridized carbons (Fsp3) is 0.455. The van der Waals surface area contributed by atoms with Crippen molar-refractivity contribution in [2.45, 2.75) is 51.4 Å². The summed E-state index contributed by atoms with van der Waals surface area (Å²) in [6, 6.07) is 9.01. The van der Waals surface area contributed by atoms with Crippen LogP contribution in [-0.4, -0.2) is 14.2 Å². The predicted octanol–water partition coefficient (Wildman–Crippen LogP) is 5.13. The molecule has 0 unspecified atom stereocenters. The van der Waals surface area contributed by atoms with Crippen molar-refractivity contribution in [2.24, 2.45) is 0 Å². The van der Waals surface area contributed by atoms with E-state index in [9.17, 15) is 0 Å². The second-order valence-corrected chi connectivity index (χ2v) is 6.98. The Labute approximate surface area is 144 Å². The van der Waals surface area contributed by atoms with Crippen molar-refractivity contribution < 1.29 is 9.47 Å². The standard InChI is InChI=1S/C22H26O2/c1-23-20-14-16-9-4-6-12-18(16)21(22(20)24-2)19-13-7-10-15-8-3-5-11-17(15)19/h7,10,13-14H,3-6,8-9,11-12H2,1-2H3. The van der Waals surface area contributed by atoms with Gasteiger partial charge in [-0.05, 0) is 85.3 Å². The van der Waals surface area contributed by atoms with Crippen LogP contribution in [0.1, 0.15) is 47.9 Å². The largest absolute Gasteiger partial charge is 0.493 e. The lowest BCUT2D eigenvalue weighted by Gasteiger charge is -2.27. The molecule has 0 atom stereocenters. The maximum atomic E-state index is 5.85. The van der Waals surface area contributed by atoms with Crippen molar-refractivity contribution in [1.82, 2.24) is 0 Å². The highest BCUT2D eigenvalue weighted by Crippen LogP contribution is 2.46. The Hall–Kier alpha value is -1.96. The number of ether oxygens (including phenoxy) is 2. The summed E-state index contributed by atoms with van der Waals surface area (Å²) in [6.07, 6.45) is 9.83. The number of aryl methyl sites for hydroxylation is 2. The van der Waals surface area contributed by atoms with Gasteiger partial charge in [-0.1, -0.05) is 18.2 Å². The second kappa shape index (κ2) is 6.51. The van der Waals surface area contributed by atoms with E-state index in [0.717, 1.165) is 24.3 Å². The normalized spacial score (nSPS) is 16.2. The molecule has 0 spiro atoms. The summed E-state index contributed by atoms with van der Waals surface area (Å²) in [5, 5.41) is 0. The molecule has 0 aromatic heterocycles. The summed E-state index contributed by atoms with van der Waals surface area (Å²) in [7, 11) is 3.52. The average Bonchev–Trinajstić information content (AvgIpc) is 2.66. The van der Waals surface area contributed by atoms with Crippen molar-refractivity contribution >= 4 is 0 Å². The molecule has 2 nitrogen and oxygen atoms in total. The molecule has 0 aliphatic heterocycles. The van der Waals surface area contributed by atoms with Crippen molar-refractivity contribution in [3.63, 3.8) is 0 Å². The van der Waals surface area contributed by atoms with Crippen LogP contribution in [0.5, 0.6) is 11.5 Å². The molecule has 0 amide bonds. The third-order valence-electron chi connectivity index (χ3n) is 5.66. The highest BCUT2D eigenvalue weighted by Gasteiger charge is 2.25. The molecule has 24 heavy (non-hydrogen) atoms. The third kappa shape index (κ3) is 2.49. The van der Waals surface area contributed by atoms with Crippen LogP contribution in [-0.2, 0) is 25.7 Å². The van der Waals surface area contributed by atoms with Gasteiger partial charge in [0.2, 0.25) is 0 Å². The summed E-state index contributed by atoms with van der Waals surface area (Å²) >= 11 is 0. The van der Waals surface area contributed by atoms with Gasteiger partial charge in [0.1, 0.15) is 0 Å². The molecule has 4 rings (SSSR count). The Morgan fingerprint density at radius 1 is 0.750 bits per heavy atom. The molecule has 0 saturated heterocycles. The van der Waals surface area contributed by atoms with E-state index in [4.69, 9.17) is 9.47 Å². The Morgan fingerprint density at radius 3 is 2.21 bits per heavy atom. The molecule has 0 N–H and O–H groups in total. The van der Waals surface area contributed by atoms with Gasteiger partial charge >= 0.3 is 0 Å². The van der Waals surface area contributed by atoms with E-state index < -0.39 is 0 Å². The summed E-state index contributed by atoms with van der Waals surface area (Å²) in [6.45, 7) is 0. The van der Waals surface area contributed by atoms with Gasteiger partial charge in [-0.15, -0.1) is 0 Å². The van der Waals surface area contributed by atoms with E-state index in [0.29, 0.717) is 0 Å². The quantitative estimate of drug-likeness (QED) is 0.780. The molecule has 0 heterocycles. The monoisotopic (exact) mass is 322 g/mol. The number of benzene rings is 2. The van der Waals surface area contributed by atoms with E-state index >= 15 is 0 Å². The van der Waals surface area contributed by atoms with Gasteiger partial charge in [0, 0.05) is 5.56 Å². The first-order valence-electron chi connectivity index (χ1n) is 9.21. The number of fused-ring (bicyclic) bond motifs is 2. The topological polar surface area (TPSA) is 18.5 Å². The molecule has 0 fully saturated rings. The molecule has 2 aliphatic rings. The lowest BCUT2D eigenvalue weighted by molar-refractivity contribution is 0.355. The maximum absolute atomic E-state index is 5.85. The van der Waals surface area contributed by atoms with Crippen LogP contribution in [0.3, 0.4) is 0 Å². The highest BCUT2D eigenvalue weighted by atomic mass is 16.5. The van der Waals surface area contributed by atoms with Gasteiger partial charge in [0.05, 0.1) is 14.2 Å². The predicted molar refractivity (Wildman–Crippen MR) is 98.3 cm³/mol. The number of hydrogen-bond acceptors (Lipinski definition) is 2. The van der Waals surface area contributed by atoms with Gasteiger partial charge < -0.3 is 9.47 Å². The smallest absolute Gasteiger partial charge is 0.168 e. The zero-order valence-electron chi connectivity index (χ0n) is 14.8. The van der Waals surface area contributed by atoms with Crippen LogP contribution in [0.2, 0.25) is 0 Å². The van der Waals surface area contributed by atoms with Gasteiger partial charge in [0.15, 0.2) is 11.5 Å². The van der Waals surface area contributed by atoms with Crippen LogP contribution in [0.15, 0.2) is 24.3 Å². The SMILES string of the molecule is COc1cc2c(c(-c3cccc4c3CCCC4)c1OC)CCCC2. The summed E-state index contributed by atoms with van der Waals surface area (Å²) < 4.78 is 11.5. The van der Waals surface area contributed by atoms with Gasteiger partial charge in [-0.25, -0.2) is 0 Å². The van der Waals surface area contributed by atoms with Crippen molar-refractivity contribution in [2.75, 3.05) is 14.2 Å². The lowest BCUT2D eigenvalue weighted by Crippen LogP contribution is -2.10. The van der Waals surface area contributed by atoms with Crippen LogP contribution in [0, 0.1) is 0 Å². The van der Waals surface area contributed by atoms with Crippen molar-refractivity contribution in [3.05, 3.63) is 46.5 Å². The Morgan fingerprint density at radius 2 is 1.46 bits per heavy atom. The lowest BCUT2D eigenvalue weighted by atomic mass is 9.80. The zero-order chi connectivity index (χ0) is 16.5. The maximum Gasteiger partial charge on any atom is 0.168 e. The minimum Gasteiger partial charge on any atom is -0.493 e. The van der Waals surface area contributed by atoms with Crippen LogP contribution >= 0.6 is 0 Å². The molecular weight excluding hydrogens is 296 g/mol. The highest BCUT2D eigenvalue weighted by molar-refractivity contribution is 5.82. The first-order valence-corrected chi connectivity index (χ1v) is 9.21. The molecule has 2 aromatic rings. The average molecular weight is 322 g/mol. The first kappa shape index (κ1) is 15.6. The summed E-state index contributed by atoms with van der Waals surface area (Å²) in [5.41, 5.74) is 8.66. The molecule has 2 heteroatoms. The van der Waals surface area contributed by atoms with Crippen LogP contribution in [0.4, 0.5) is 0 Å². The van der Waals surface area contributed by atoms with Crippen molar-refractivity contribution in [3.8, 4) is 22.6 Å². The Balaban J connectivity index is 2.01. The van der Waals surface area contributed by atoms with E-state index in [1.54, 1.807) is 14.2 Å². The molecule has 126 valence electrons. The molecule has 0 bridgehead atoms. The molecule has 0 saturated carbocycles. The van der Waals surface area contributed by atoms with E-state index in [1.165, 1.54) is 71.9 Å². The molecule has 2 aliphatic carbocycles. The minimum absolute atomic E-state index is 0.876. The third-order valence-corrected chi connectivity index (χ3v) is 5.66. The van der Waals surface area contributed by atoms with Crippen LogP contribution < -0.4 is 9.47 Å². The fourth-order valence-electron chi connectivity index (χ4n) is 4.51. The summed E-state index contributed by atoms with van der Waals surface area (Å²) in [5.74, 6) is 1.79. The first-order chi connectivity index (χ1) is 11.8. The zero-order valence-corrected chi connectivity index (χ0v) is 14.8.